The van der Waals surface area contributed by atoms with Crippen LogP contribution in [0, 0.1) is 0 Å². The Morgan fingerprint density at radius 2 is 2.21 bits per heavy atom. The molecule has 104 valence electrons. The number of hydrogen-bond donors (Lipinski definition) is 2. The van der Waals surface area contributed by atoms with Gasteiger partial charge in [-0.2, -0.15) is 0 Å². The van der Waals surface area contributed by atoms with Gasteiger partial charge < -0.3 is 10.4 Å². The van der Waals surface area contributed by atoms with E-state index in [0.29, 0.717) is 6.54 Å². The van der Waals surface area contributed by atoms with Crippen molar-refractivity contribution in [3.05, 3.63) is 16.1 Å². The molecule has 19 heavy (non-hydrogen) atoms. The van der Waals surface area contributed by atoms with Gasteiger partial charge in [0, 0.05) is 38.0 Å². The number of carbonyl (C=O) groups excluding carboxylic acids is 1. The number of amides is 1. The molecule has 1 aliphatic heterocycles. The Morgan fingerprint density at radius 3 is 2.74 bits per heavy atom. The Bertz CT molecular complexity index is 467. The van der Waals surface area contributed by atoms with Crippen molar-refractivity contribution in [2.45, 2.75) is 32.4 Å². The Kier molecular flexibility index (Phi) is 4.49. The van der Waals surface area contributed by atoms with Gasteiger partial charge in [0.25, 0.3) is 0 Å². The van der Waals surface area contributed by atoms with Crippen LogP contribution in [0.3, 0.4) is 0 Å². The molecule has 7 heteroatoms. The molecule has 2 heterocycles. The molecule has 0 aliphatic carbocycles. The molecule has 1 aromatic heterocycles. The Balaban J connectivity index is 1.81. The lowest BCUT2D eigenvalue weighted by molar-refractivity contribution is -0.120. The molecule has 0 spiro atoms. The van der Waals surface area contributed by atoms with Crippen LogP contribution in [-0.2, 0) is 11.3 Å². The number of nitrogens with zero attached hydrogens (tertiary/aromatic N) is 2. The first-order valence-corrected chi connectivity index (χ1v) is 7.09. The molecular weight excluding hydrogens is 266 g/mol. The molecular formula is C12H17N3O3S. The molecule has 1 fully saturated rings. The number of rotatable bonds is 4. The lowest BCUT2D eigenvalue weighted by Gasteiger charge is -2.31. The number of piperidine rings is 1. The SMILES string of the molecule is CC(=O)NC1CCN(Cc2csc(C(=O)O)n2)CC1. The van der Waals surface area contributed by atoms with Crippen molar-refractivity contribution >= 4 is 23.2 Å². The van der Waals surface area contributed by atoms with E-state index in [9.17, 15) is 9.59 Å². The van der Waals surface area contributed by atoms with Crippen LogP contribution >= 0.6 is 11.3 Å². The van der Waals surface area contributed by atoms with E-state index in [0.717, 1.165) is 43.0 Å². The quantitative estimate of drug-likeness (QED) is 0.859. The maximum atomic E-state index is 11.0. The van der Waals surface area contributed by atoms with E-state index in [-0.39, 0.29) is 17.0 Å². The number of carboxylic acids is 1. The summed E-state index contributed by atoms with van der Waals surface area (Å²) in [5.74, 6) is -0.954. The van der Waals surface area contributed by atoms with Gasteiger partial charge in [-0.15, -0.1) is 11.3 Å². The van der Waals surface area contributed by atoms with Gasteiger partial charge in [0.15, 0.2) is 0 Å². The van der Waals surface area contributed by atoms with E-state index >= 15 is 0 Å². The molecule has 0 bridgehead atoms. The largest absolute Gasteiger partial charge is 0.476 e. The lowest BCUT2D eigenvalue weighted by Crippen LogP contribution is -2.43. The molecule has 1 saturated heterocycles. The molecule has 1 aliphatic rings. The number of hydrogen-bond acceptors (Lipinski definition) is 5. The number of carboxylic acid groups (broad SMARTS) is 1. The normalized spacial score (nSPS) is 17.3. The third-order valence-electron chi connectivity index (χ3n) is 3.12. The Hall–Kier alpha value is -1.47. The van der Waals surface area contributed by atoms with Gasteiger partial charge in [-0.3, -0.25) is 9.69 Å². The van der Waals surface area contributed by atoms with E-state index < -0.39 is 5.97 Å². The van der Waals surface area contributed by atoms with E-state index in [1.807, 2.05) is 0 Å². The summed E-state index contributed by atoms with van der Waals surface area (Å²) in [6, 6.07) is 0.263. The van der Waals surface area contributed by atoms with E-state index in [1.165, 1.54) is 6.92 Å². The van der Waals surface area contributed by atoms with Crippen molar-refractivity contribution in [1.29, 1.82) is 0 Å². The summed E-state index contributed by atoms with van der Waals surface area (Å²) in [6.45, 7) is 4.00. The highest BCUT2D eigenvalue weighted by molar-refractivity contribution is 7.11. The van der Waals surface area contributed by atoms with E-state index in [1.54, 1.807) is 5.38 Å². The second-order valence-electron chi connectivity index (χ2n) is 4.70. The first kappa shape index (κ1) is 14.0. The molecule has 0 aromatic carbocycles. The van der Waals surface area contributed by atoms with Gasteiger partial charge in [0.2, 0.25) is 10.9 Å². The number of likely N-dealkylation sites (tertiary alicyclic amines) is 1. The minimum atomic E-state index is -0.972. The Morgan fingerprint density at radius 1 is 1.53 bits per heavy atom. The minimum Gasteiger partial charge on any atom is -0.476 e. The Labute approximate surface area is 115 Å². The fourth-order valence-electron chi connectivity index (χ4n) is 2.23. The molecule has 2 N–H and O–H groups in total. The predicted octanol–water partition coefficient (Wildman–Crippen LogP) is 0.942. The number of carbonyl (C=O) groups is 2. The average Bonchev–Trinajstić information content (AvgIpc) is 2.80. The van der Waals surface area contributed by atoms with Crippen molar-refractivity contribution in [3.8, 4) is 0 Å². The van der Waals surface area contributed by atoms with Crippen molar-refractivity contribution in [1.82, 2.24) is 15.2 Å². The summed E-state index contributed by atoms with van der Waals surface area (Å²) in [7, 11) is 0. The number of aromatic carboxylic acids is 1. The van der Waals surface area contributed by atoms with Gasteiger partial charge in [0.05, 0.1) is 5.69 Å². The molecule has 1 aromatic rings. The number of nitrogens with one attached hydrogen (secondary N) is 1. The summed E-state index contributed by atoms with van der Waals surface area (Å²) in [6.07, 6.45) is 1.85. The van der Waals surface area contributed by atoms with E-state index in [4.69, 9.17) is 5.11 Å². The highest BCUT2D eigenvalue weighted by atomic mass is 32.1. The van der Waals surface area contributed by atoms with Crippen LogP contribution in [0.2, 0.25) is 0 Å². The fraction of sp³-hybridized carbons (Fsp3) is 0.583. The lowest BCUT2D eigenvalue weighted by atomic mass is 10.0. The maximum absolute atomic E-state index is 11.0. The third kappa shape index (κ3) is 4.00. The molecule has 0 saturated carbocycles. The van der Waals surface area contributed by atoms with Gasteiger partial charge in [-0.05, 0) is 12.8 Å². The smallest absolute Gasteiger partial charge is 0.365 e. The summed E-state index contributed by atoms with van der Waals surface area (Å²) >= 11 is 1.16. The monoisotopic (exact) mass is 283 g/mol. The van der Waals surface area contributed by atoms with Crippen molar-refractivity contribution in [2.75, 3.05) is 13.1 Å². The number of aromatic nitrogens is 1. The van der Waals surface area contributed by atoms with Crippen LogP contribution in [0.1, 0.15) is 35.3 Å². The topological polar surface area (TPSA) is 82.5 Å². The van der Waals surface area contributed by atoms with Crippen LogP contribution in [0.4, 0.5) is 0 Å². The average molecular weight is 283 g/mol. The van der Waals surface area contributed by atoms with Crippen LogP contribution in [0.15, 0.2) is 5.38 Å². The third-order valence-corrected chi connectivity index (χ3v) is 3.99. The summed E-state index contributed by atoms with van der Waals surface area (Å²) < 4.78 is 0. The van der Waals surface area contributed by atoms with Crippen molar-refractivity contribution in [2.24, 2.45) is 0 Å². The molecule has 6 nitrogen and oxygen atoms in total. The second kappa shape index (κ2) is 6.12. The zero-order chi connectivity index (χ0) is 13.8. The second-order valence-corrected chi connectivity index (χ2v) is 5.56. The van der Waals surface area contributed by atoms with Crippen LogP contribution in [0.25, 0.3) is 0 Å². The van der Waals surface area contributed by atoms with Gasteiger partial charge in [-0.25, -0.2) is 9.78 Å². The van der Waals surface area contributed by atoms with Gasteiger partial charge in [-0.1, -0.05) is 0 Å². The molecule has 0 unspecified atom stereocenters. The van der Waals surface area contributed by atoms with Crippen LogP contribution in [0.5, 0.6) is 0 Å². The summed E-state index contributed by atoms with van der Waals surface area (Å²) in [5.41, 5.74) is 0.806. The van der Waals surface area contributed by atoms with Crippen LogP contribution < -0.4 is 5.32 Å². The number of thiazole rings is 1. The van der Waals surface area contributed by atoms with Gasteiger partial charge >= 0.3 is 5.97 Å². The van der Waals surface area contributed by atoms with Crippen molar-refractivity contribution < 1.29 is 14.7 Å². The van der Waals surface area contributed by atoms with Crippen LogP contribution in [-0.4, -0.2) is 46.0 Å². The molecule has 1 amide bonds. The highest BCUT2D eigenvalue weighted by Crippen LogP contribution is 2.16. The van der Waals surface area contributed by atoms with E-state index in [2.05, 4.69) is 15.2 Å². The first-order chi connectivity index (χ1) is 9.04. The molecule has 2 rings (SSSR count). The maximum Gasteiger partial charge on any atom is 0.365 e. The molecule has 0 atom stereocenters. The van der Waals surface area contributed by atoms with Gasteiger partial charge in [0.1, 0.15) is 0 Å². The predicted molar refractivity (Wildman–Crippen MR) is 71.2 cm³/mol. The first-order valence-electron chi connectivity index (χ1n) is 6.21. The summed E-state index contributed by atoms with van der Waals surface area (Å²) in [4.78, 5) is 28.0. The summed E-state index contributed by atoms with van der Waals surface area (Å²) in [5, 5.41) is 13.7. The minimum absolute atomic E-state index is 0.0176. The van der Waals surface area contributed by atoms with Crippen molar-refractivity contribution in [3.63, 3.8) is 0 Å². The zero-order valence-corrected chi connectivity index (χ0v) is 11.6. The fourth-order valence-corrected chi connectivity index (χ4v) is 2.88. The standard InChI is InChI=1S/C12H17N3O3S/c1-8(16)13-9-2-4-15(5-3-9)6-10-7-19-11(14-10)12(17)18/h7,9H,2-6H2,1H3,(H,13,16)(H,17,18). The molecule has 0 radical (unpaired) electrons. The highest BCUT2D eigenvalue weighted by Gasteiger charge is 2.20. The zero-order valence-electron chi connectivity index (χ0n) is 10.8.